The molecule has 1 aromatic carbocycles. The molecule has 0 amide bonds. The first-order valence-corrected chi connectivity index (χ1v) is 6.55. The second kappa shape index (κ2) is 6.53. The van der Waals surface area contributed by atoms with Crippen LogP contribution in [0.5, 0.6) is 0 Å². The molecule has 2 nitrogen and oxygen atoms in total. The molecule has 1 aromatic heterocycles. The first kappa shape index (κ1) is 13.1. The van der Waals surface area contributed by atoms with E-state index in [1.54, 1.807) is 6.20 Å². The van der Waals surface area contributed by atoms with Crippen LogP contribution in [0.4, 0.5) is 0 Å². The van der Waals surface area contributed by atoms with Crippen LogP contribution in [-0.2, 0) is 6.42 Å². The third-order valence-electron chi connectivity index (χ3n) is 2.89. The summed E-state index contributed by atoms with van der Waals surface area (Å²) < 4.78 is 0. The molecule has 0 radical (unpaired) electrons. The summed E-state index contributed by atoms with van der Waals surface area (Å²) in [6.45, 7) is 3.02. The number of hydrogen-bond donors (Lipinski definition) is 1. The number of rotatable bonds is 5. The lowest BCUT2D eigenvalue weighted by atomic mass is 10.00. The van der Waals surface area contributed by atoms with E-state index in [0.29, 0.717) is 0 Å². The quantitative estimate of drug-likeness (QED) is 0.888. The first-order valence-electron chi connectivity index (χ1n) is 6.18. The maximum Gasteiger partial charge on any atom is 0.0453 e. The van der Waals surface area contributed by atoms with E-state index in [-0.39, 0.29) is 6.04 Å². The number of nitrogens with one attached hydrogen (secondary N) is 1. The average Bonchev–Trinajstić information content (AvgIpc) is 2.40. The Morgan fingerprint density at radius 3 is 2.72 bits per heavy atom. The van der Waals surface area contributed by atoms with E-state index in [1.807, 2.05) is 30.5 Å². The Kier molecular flexibility index (Phi) is 4.73. The maximum atomic E-state index is 6.27. The van der Waals surface area contributed by atoms with Gasteiger partial charge in [0.05, 0.1) is 0 Å². The number of likely N-dealkylation sites (N-methyl/N-ethyl adjacent to an activating group) is 1. The largest absolute Gasteiger partial charge is 0.310 e. The second-order valence-corrected chi connectivity index (χ2v) is 4.60. The van der Waals surface area contributed by atoms with E-state index < -0.39 is 0 Å². The highest BCUT2D eigenvalue weighted by Gasteiger charge is 2.13. The molecule has 1 unspecified atom stereocenters. The van der Waals surface area contributed by atoms with Crippen LogP contribution < -0.4 is 5.32 Å². The van der Waals surface area contributed by atoms with Crippen molar-refractivity contribution in [3.63, 3.8) is 0 Å². The zero-order valence-corrected chi connectivity index (χ0v) is 11.2. The van der Waals surface area contributed by atoms with E-state index in [4.69, 9.17) is 11.6 Å². The van der Waals surface area contributed by atoms with Gasteiger partial charge in [-0.1, -0.05) is 42.8 Å². The second-order valence-electron chi connectivity index (χ2n) is 4.20. The van der Waals surface area contributed by atoms with Gasteiger partial charge in [0.1, 0.15) is 0 Å². The van der Waals surface area contributed by atoms with Gasteiger partial charge in [-0.2, -0.15) is 0 Å². The van der Waals surface area contributed by atoms with Crippen molar-refractivity contribution in [3.05, 3.63) is 64.9 Å². The number of pyridine rings is 1. The predicted octanol–water partition coefficient (Wildman–Crippen LogP) is 3.63. The highest BCUT2D eigenvalue weighted by Crippen LogP contribution is 2.25. The minimum atomic E-state index is 0.230. The fourth-order valence-electron chi connectivity index (χ4n) is 2.05. The molecule has 0 saturated heterocycles. The normalized spacial score (nSPS) is 12.3. The van der Waals surface area contributed by atoms with Crippen LogP contribution in [0.2, 0.25) is 5.02 Å². The minimum absolute atomic E-state index is 0.230. The topological polar surface area (TPSA) is 24.9 Å². The summed E-state index contributed by atoms with van der Waals surface area (Å²) >= 11 is 6.27. The molecule has 0 aliphatic carbocycles. The van der Waals surface area contributed by atoms with Gasteiger partial charge in [-0.05, 0) is 36.2 Å². The molecule has 1 N–H and O–H groups in total. The highest BCUT2D eigenvalue weighted by atomic mass is 35.5. The molecule has 3 heteroatoms. The van der Waals surface area contributed by atoms with Crippen LogP contribution in [0, 0.1) is 0 Å². The lowest BCUT2D eigenvalue weighted by Gasteiger charge is -2.19. The fraction of sp³-hybridized carbons (Fsp3) is 0.267. The van der Waals surface area contributed by atoms with Gasteiger partial charge in [0.15, 0.2) is 0 Å². The van der Waals surface area contributed by atoms with E-state index in [1.165, 1.54) is 5.56 Å². The van der Waals surface area contributed by atoms with Gasteiger partial charge < -0.3 is 5.32 Å². The Balaban J connectivity index is 2.21. The van der Waals surface area contributed by atoms with Crippen LogP contribution >= 0.6 is 11.6 Å². The fourth-order valence-corrected chi connectivity index (χ4v) is 2.32. The molecular weight excluding hydrogens is 244 g/mol. The maximum absolute atomic E-state index is 6.27. The third-order valence-corrected chi connectivity index (χ3v) is 3.24. The summed E-state index contributed by atoms with van der Waals surface area (Å²) in [6, 6.07) is 12.3. The SMILES string of the molecule is CCNC(Cc1cccnc1)c1ccccc1Cl. The summed E-state index contributed by atoms with van der Waals surface area (Å²) in [5, 5.41) is 4.29. The Labute approximate surface area is 113 Å². The van der Waals surface area contributed by atoms with Crippen molar-refractivity contribution in [3.8, 4) is 0 Å². The van der Waals surface area contributed by atoms with Crippen LogP contribution in [0.25, 0.3) is 0 Å². The Hall–Kier alpha value is -1.38. The Morgan fingerprint density at radius 1 is 1.22 bits per heavy atom. The predicted molar refractivity (Wildman–Crippen MR) is 75.8 cm³/mol. The van der Waals surface area contributed by atoms with Crippen molar-refractivity contribution in [1.82, 2.24) is 10.3 Å². The van der Waals surface area contributed by atoms with Crippen molar-refractivity contribution in [2.24, 2.45) is 0 Å². The van der Waals surface area contributed by atoms with E-state index in [2.05, 4.69) is 29.4 Å². The Morgan fingerprint density at radius 2 is 2.06 bits per heavy atom. The van der Waals surface area contributed by atoms with Gasteiger partial charge in [0.2, 0.25) is 0 Å². The molecule has 18 heavy (non-hydrogen) atoms. The molecule has 2 aromatic rings. The number of nitrogens with zero attached hydrogens (tertiary/aromatic N) is 1. The number of benzene rings is 1. The van der Waals surface area contributed by atoms with Crippen LogP contribution in [0.3, 0.4) is 0 Å². The molecule has 0 bridgehead atoms. The van der Waals surface area contributed by atoms with E-state index in [0.717, 1.165) is 23.6 Å². The molecule has 2 rings (SSSR count). The van der Waals surface area contributed by atoms with Crippen molar-refractivity contribution in [2.45, 2.75) is 19.4 Å². The first-order chi connectivity index (χ1) is 8.81. The molecule has 1 atom stereocenters. The zero-order chi connectivity index (χ0) is 12.8. The summed E-state index contributed by atoms with van der Waals surface area (Å²) in [7, 11) is 0. The number of halogens is 1. The van der Waals surface area contributed by atoms with Crippen molar-refractivity contribution in [2.75, 3.05) is 6.54 Å². The van der Waals surface area contributed by atoms with E-state index in [9.17, 15) is 0 Å². The smallest absolute Gasteiger partial charge is 0.0453 e. The zero-order valence-electron chi connectivity index (χ0n) is 10.4. The summed E-state index contributed by atoms with van der Waals surface area (Å²) in [5.41, 5.74) is 2.35. The lowest BCUT2D eigenvalue weighted by Crippen LogP contribution is -2.23. The highest BCUT2D eigenvalue weighted by molar-refractivity contribution is 6.31. The number of aromatic nitrogens is 1. The van der Waals surface area contributed by atoms with Gasteiger partial charge in [0.25, 0.3) is 0 Å². The van der Waals surface area contributed by atoms with Gasteiger partial charge in [-0.25, -0.2) is 0 Å². The molecule has 0 aliphatic heterocycles. The molecule has 0 fully saturated rings. The molecular formula is C15H17ClN2. The summed E-state index contributed by atoms with van der Waals surface area (Å²) in [4.78, 5) is 4.15. The molecule has 1 heterocycles. The molecule has 0 aliphatic rings. The van der Waals surface area contributed by atoms with Gasteiger partial charge in [-0.3, -0.25) is 4.98 Å². The van der Waals surface area contributed by atoms with Crippen molar-refractivity contribution >= 4 is 11.6 Å². The lowest BCUT2D eigenvalue weighted by molar-refractivity contribution is 0.549. The van der Waals surface area contributed by atoms with Crippen molar-refractivity contribution in [1.29, 1.82) is 0 Å². The monoisotopic (exact) mass is 260 g/mol. The van der Waals surface area contributed by atoms with E-state index >= 15 is 0 Å². The molecule has 0 saturated carbocycles. The molecule has 94 valence electrons. The summed E-state index contributed by atoms with van der Waals surface area (Å²) in [5.74, 6) is 0. The average molecular weight is 261 g/mol. The van der Waals surface area contributed by atoms with Gasteiger partial charge in [0, 0.05) is 23.5 Å². The summed E-state index contributed by atoms with van der Waals surface area (Å²) in [6.07, 6.45) is 4.59. The van der Waals surface area contributed by atoms with Crippen LogP contribution in [0.15, 0.2) is 48.8 Å². The standard InChI is InChI=1S/C15H17ClN2/c1-2-18-15(10-12-6-5-9-17-11-12)13-7-3-4-8-14(13)16/h3-9,11,15,18H,2,10H2,1H3. The van der Waals surface area contributed by atoms with Crippen LogP contribution in [0.1, 0.15) is 24.1 Å². The minimum Gasteiger partial charge on any atom is -0.310 e. The van der Waals surface area contributed by atoms with Crippen molar-refractivity contribution < 1.29 is 0 Å². The Bertz CT molecular complexity index is 485. The number of hydrogen-bond acceptors (Lipinski definition) is 2. The molecule has 0 spiro atoms. The van der Waals surface area contributed by atoms with Crippen LogP contribution in [-0.4, -0.2) is 11.5 Å². The van der Waals surface area contributed by atoms with Gasteiger partial charge >= 0.3 is 0 Å². The van der Waals surface area contributed by atoms with Gasteiger partial charge in [-0.15, -0.1) is 0 Å². The third kappa shape index (κ3) is 3.31.